The molecule has 7 nitrogen and oxygen atoms in total. The lowest BCUT2D eigenvalue weighted by molar-refractivity contribution is 0.105. The Bertz CT molecular complexity index is 813. The van der Waals surface area contributed by atoms with E-state index in [0.29, 0.717) is 44.9 Å². The summed E-state index contributed by atoms with van der Waals surface area (Å²) in [4.78, 5) is 4.72. The standard InChI is InChI=1S/C22H29N3O4.HI/c1-16-13-19(16)25-22(23-8-3-9-26-15-18-5-2-10-27-18)24-17-6-7-20-21(14-17)29-12-4-11-28-20;/h2,5-7,10,14,16,19H,3-4,8-9,11-13,15H2,1H3,(H2,23,24,25);1H. The summed E-state index contributed by atoms with van der Waals surface area (Å²) in [5, 5.41) is 6.91. The van der Waals surface area contributed by atoms with Gasteiger partial charge in [-0.2, -0.15) is 0 Å². The van der Waals surface area contributed by atoms with E-state index in [9.17, 15) is 0 Å². The molecule has 2 unspecified atom stereocenters. The lowest BCUT2D eigenvalue weighted by Gasteiger charge is -2.14. The Hall–Kier alpha value is -1.94. The van der Waals surface area contributed by atoms with Crippen molar-refractivity contribution in [2.45, 2.75) is 38.8 Å². The Morgan fingerprint density at radius 2 is 2.03 bits per heavy atom. The topological polar surface area (TPSA) is 77.3 Å². The van der Waals surface area contributed by atoms with Crippen LogP contribution in [0.1, 0.15) is 31.9 Å². The number of nitrogens with zero attached hydrogens (tertiary/aromatic N) is 1. The molecule has 2 atom stereocenters. The third-order valence-corrected chi connectivity index (χ3v) is 4.98. The maximum atomic E-state index is 5.79. The number of hydrogen-bond acceptors (Lipinski definition) is 5. The van der Waals surface area contributed by atoms with Crippen LogP contribution in [0.25, 0.3) is 0 Å². The van der Waals surface area contributed by atoms with Crippen molar-refractivity contribution < 1.29 is 18.6 Å². The van der Waals surface area contributed by atoms with E-state index in [0.717, 1.165) is 41.7 Å². The highest BCUT2D eigenvalue weighted by atomic mass is 127. The number of fused-ring (bicyclic) bond motifs is 1. The van der Waals surface area contributed by atoms with Gasteiger partial charge >= 0.3 is 0 Å². The average Bonchev–Trinajstić information content (AvgIpc) is 3.25. The first-order chi connectivity index (χ1) is 14.3. The Morgan fingerprint density at radius 3 is 2.80 bits per heavy atom. The molecule has 4 rings (SSSR count). The van der Waals surface area contributed by atoms with Gasteiger partial charge < -0.3 is 29.3 Å². The quantitative estimate of drug-likeness (QED) is 0.229. The van der Waals surface area contributed by atoms with E-state index < -0.39 is 0 Å². The minimum atomic E-state index is 0. The van der Waals surface area contributed by atoms with Crippen molar-refractivity contribution in [3.63, 3.8) is 0 Å². The number of benzene rings is 1. The predicted octanol–water partition coefficient (Wildman–Crippen LogP) is 4.43. The molecule has 0 spiro atoms. The van der Waals surface area contributed by atoms with E-state index in [1.165, 1.54) is 6.42 Å². The summed E-state index contributed by atoms with van der Waals surface area (Å²) < 4.78 is 22.4. The maximum Gasteiger partial charge on any atom is 0.196 e. The van der Waals surface area contributed by atoms with Gasteiger partial charge in [0.25, 0.3) is 0 Å². The second kappa shape index (κ2) is 11.5. The first-order valence-electron chi connectivity index (χ1n) is 10.4. The zero-order valence-electron chi connectivity index (χ0n) is 17.3. The maximum absolute atomic E-state index is 5.79. The van der Waals surface area contributed by atoms with Crippen LogP contribution in [0.3, 0.4) is 0 Å². The minimum Gasteiger partial charge on any atom is -0.490 e. The van der Waals surface area contributed by atoms with E-state index in [-0.39, 0.29) is 24.0 Å². The van der Waals surface area contributed by atoms with Crippen molar-refractivity contribution >= 4 is 35.6 Å². The Kier molecular flexibility index (Phi) is 8.68. The fraction of sp³-hybridized carbons (Fsp3) is 0.500. The number of rotatable bonds is 8. The normalized spacial score (nSPS) is 20.1. The number of furan rings is 1. The SMILES string of the molecule is CC1CC1NC(=NCCCOCc1ccco1)Nc1ccc2c(c1)OCCCO2.I. The van der Waals surface area contributed by atoms with Gasteiger partial charge in [0.2, 0.25) is 0 Å². The molecule has 2 heterocycles. The van der Waals surface area contributed by atoms with Crippen LogP contribution >= 0.6 is 24.0 Å². The van der Waals surface area contributed by atoms with Gasteiger partial charge in [-0.15, -0.1) is 24.0 Å². The minimum absolute atomic E-state index is 0. The van der Waals surface area contributed by atoms with Crippen molar-refractivity contribution in [3.8, 4) is 11.5 Å². The number of anilines is 1. The van der Waals surface area contributed by atoms with E-state index in [1.54, 1.807) is 6.26 Å². The van der Waals surface area contributed by atoms with Crippen LogP contribution in [-0.2, 0) is 11.3 Å². The number of ether oxygens (including phenoxy) is 3. The number of aliphatic imine (C=N–C) groups is 1. The van der Waals surface area contributed by atoms with Gasteiger partial charge in [0, 0.05) is 37.4 Å². The Labute approximate surface area is 194 Å². The molecule has 0 saturated heterocycles. The van der Waals surface area contributed by atoms with Gasteiger partial charge in [0.05, 0.1) is 19.5 Å². The summed E-state index contributed by atoms with van der Waals surface area (Å²) in [6.07, 6.45) is 4.57. The Morgan fingerprint density at radius 1 is 1.20 bits per heavy atom. The van der Waals surface area contributed by atoms with Gasteiger partial charge in [-0.25, -0.2) is 0 Å². The van der Waals surface area contributed by atoms with Crippen molar-refractivity contribution in [2.75, 3.05) is 31.7 Å². The van der Waals surface area contributed by atoms with Crippen LogP contribution < -0.4 is 20.1 Å². The molecule has 2 aromatic rings. The van der Waals surface area contributed by atoms with Crippen molar-refractivity contribution in [1.29, 1.82) is 0 Å². The van der Waals surface area contributed by atoms with Gasteiger partial charge in [0.15, 0.2) is 17.5 Å². The second-order valence-corrected chi connectivity index (χ2v) is 7.52. The van der Waals surface area contributed by atoms with Crippen LogP contribution in [0.4, 0.5) is 5.69 Å². The molecule has 1 aromatic carbocycles. The molecule has 2 N–H and O–H groups in total. The summed E-state index contributed by atoms with van der Waals surface area (Å²) in [5.74, 6) is 3.89. The van der Waals surface area contributed by atoms with Crippen molar-refractivity contribution in [3.05, 3.63) is 42.4 Å². The fourth-order valence-electron chi connectivity index (χ4n) is 3.12. The average molecular weight is 527 g/mol. The third kappa shape index (κ3) is 6.80. The van der Waals surface area contributed by atoms with Gasteiger partial charge in [-0.05, 0) is 43.0 Å². The van der Waals surface area contributed by atoms with Gasteiger partial charge in [-0.1, -0.05) is 6.92 Å². The molecule has 164 valence electrons. The first-order valence-corrected chi connectivity index (χ1v) is 10.4. The molecule has 0 bridgehead atoms. The molecular formula is C22H30IN3O4. The van der Waals surface area contributed by atoms with Crippen LogP contribution in [0, 0.1) is 5.92 Å². The molecule has 0 amide bonds. The van der Waals surface area contributed by atoms with E-state index in [1.807, 2.05) is 30.3 Å². The summed E-state index contributed by atoms with van der Waals surface area (Å²) in [5.41, 5.74) is 0.933. The molecule has 8 heteroatoms. The van der Waals surface area contributed by atoms with Crippen molar-refractivity contribution in [1.82, 2.24) is 5.32 Å². The van der Waals surface area contributed by atoms with Gasteiger partial charge in [0.1, 0.15) is 12.4 Å². The molecular weight excluding hydrogens is 497 g/mol. The van der Waals surface area contributed by atoms with Crippen LogP contribution in [0.2, 0.25) is 0 Å². The predicted molar refractivity (Wildman–Crippen MR) is 127 cm³/mol. The molecule has 1 aromatic heterocycles. The summed E-state index contributed by atoms with van der Waals surface area (Å²) >= 11 is 0. The summed E-state index contributed by atoms with van der Waals surface area (Å²) in [6.45, 7) is 5.42. The summed E-state index contributed by atoms with van der Waals surface area (Å²) in [6, 6.07) is 10.2. The van der Waals surface area contributed by atoms with Crippen LogP contribution in [0.15, 0.2) is 46.0 Å². The van der Waals surface area contributed by atoms with E-state index in [4.69, 9.17) is 23.6 Å². The third-order valence-electron chi connectivity index (χ3n) is 4.98. The molecule has 30 heavy (non-hydrogen) atoms. The molecule has 1 saturated carbocycles. The monoisotopic (exact) mass is 527 g/mol. The first kappa shape index (κ1) is 22.7. The van der Waals surface area contributed by atoms with E-state index in [2.05, 4.69) is 17.6 Å². The van der Waals surface area contributed by atoms with Crippen molar-refractivity contribution in [2.24, 2.45) is 10.9 Å². The molecule has 2 aliphatic rings. The van der Waals surface area contributed by atoms with Crippen LogP contribution in [0.5, 0.6) is 11.5 Å². The largest absolute Gasteiger partial charge is 0.490 e. The number of guanidine groups is 1. The molecule has 1 aliphatic heterocycles. The lowest BCUT2D eigenvalue weighted by atomic mass is 10.2. The van der Waals surface area contributed by atoms with Gasteiger partial charge in [-0.3, -0.25) is 4.99 Å². The molecule has 1 fully saturated rings. The lowest BCUT2D eigenvalue weighted by Crippen LogP contribution is -2.33. The van der Waals surface area contributed by atoms with Crippen LogP contribution in [-0.4, -0.2) is 38.4 Å². The highest BCUT2D eigenvalue weighted by Crippen LogP contribution is 2.33. The zero-order chi connectivity index (χ0) is 19.9. The number of nitrogens with one attached hydrogen (secondary N) is 2. The number of halogens is 1. The number of hydrogen-bond donors (Lipinski definition) is 2. The van der Waals surface area contributed by atoms with E-state index >= 15 is 0 Å². The molecule has 1 aliphatic carbocycles. The summed E-state index contributed by atoms with van der Waals surface area (Å²) in [7, 11) is 0. The molecule has 0 radical (unpaired) electrons. The highest BCUT2D eigenvalue weighted by Gasteiger charge is 2.33. The highest BCUT2D eigenvalue weighted by molar-refractivity contribution is 14.0. The second-order valence-electron chi connectivity index (χ2n) is 7.52. The fourth-order valence-corrected chi connectivity index (χ4v) is 3.12. The smallest absolute Gasteiger partial charge is 0.196 e. The Balaban J connectivity index is 0.00000256. The zero-order valence-corrected chi connectivity index (χ0v) is 19.6.